The summed E-state index contributed by atoms with van der Waals surface area (Å²) < 4.78 is 7.47. The van der Waals surface area contributed by atoms with Gasteiger partial charge >= 0.3 is 0 Å². The second-order valence-corrected chi connectivity index (χ2v) is 15.5. The molecular weight excluding hydrogens is 727 g/mol. The fraction of sp³-hybridized carbons (Fsp3) is 0.0192. The minimum Gasteiger partial charge on any atom is -0.312 e. The number of benzene rings is 7. The van der Waals surface area contributed by atoms with E-state index in [0.29, 0.717) is 17.5 Å². The third-order valence-corrected chi connectivity index (χ3v) is 12.3. The molecule has 0 amide bonds. The van der Waals surface area contributed by atoms with Crippen LogP contribution in [0.1, 0.15) is 11.3 Å². The number of aromatic nitrogens is 5. The number of para-hydroxylation sites is 2. The smallest absolute Gasteiger partial charge is 0.164 e. The van der Waals surface area contributed by atoms with Crippen LogP contribution in [0.4, 0.5) is 0 Å². The zero-order valence-electron chi connectivity index (χ0n) is 31.7. The molecule has 0 aliphatic heterocycles. The van der Waals surface area contributed by atoms with Crippen molar-refractivity contribution in [1.82, 2.24) is 24.1 Å². The predicted molar refractivity (Wildman–Crippen MR) is 244 cm³/mol. The van der Waals surface area contributed by atoms with Gasteiger partial charge in [0.1, 0.15) is 0 Å². The molecule has 0 unspecified atom stereocenters. The van der Waals surface area contributed by atoms with Gasteiger partial charge in [-0.25, -0.2) is 15.0 Å². The molecular formula is C52H35N5S. The molecule has 0 fully saturated rings. The van der Waals surface area contributed by atoms with Crippen molar-refractivity contribution in [2.45, 2.75) is 6.92 Å². The summed E-state index contributed by atoms with van der Waals surface area (Å²) in [6.07, 6.45) is 6.15. The average molecular weight is 762 g/mol. The number of allylic oxidation sites excluding steroid dienone is 2. The van der Waals surface area contributed by atoms with Crippen LogP contribution in [0.15, 0.2) is 183 Å². The van der Waals surface area contributed by atoms with E-state index in [1.165, 1.54) is 58.6 Å². The summed E-state index contributed by atoms with van der Waals surface area (Å²) in [5.41, 5.74) is 10.9. The van der Waals surface area contributed by atoms with Crippen LogP contribution in [0.3, 0.4) is 0 Å². The Hall–Kier alpha value is -7.41. The van der Waals surface area contributed by atoms with E-state index in [-0.39, 0.29) is 0 Å². The first kappa shape index (κ1) is 33.9. The van der Waals surface area contributed by atoms with Gasteiger partial charge in [-0.3, -0.25) is 0 Å². The molecule has 4 heterocycles. The van der Waals surface area contributed by atoms with Crippen LogP contribution in [0.2, 0.25) is 0 Å². The molecule has 6 heteroatoms. The lowest BCUT2D eigenvalue weighted by atomic mass is 10.0. The van der Waals surface area contributed by atoms with E-state index in [1.54, 1.807) is 0 Å². The molecule has 11 aromatic rings. The van der Waals surface area contributed by atoms with Crippen LogP contribution in [-0.4, -0.2) is 24.1 Å². The number of hydrogen-bond acceptors (Lipinski definition) is 4. The molecule has 0 saturated heterocycles. The summed E-state index contributed by atoms with van der Waals surface area (Å²) in [5, 5.41) is 6.25. The zero-order valence-corrected chi connectivity index (χ0v) is 32.5. The Morgan fingerprint density at radius 1 is 0.500 bits per heavy atom. The largest absolute Gasteiger partial charge is 0.312 e. The second-order valence-electron chi connectivity index (χ2n) is 14.5. The third-order valence-electron chi connectivity index (χ3n) is 11.1. The van der Waals surface area contributed by atoms with E-state index >= 15 is 0 Å². The van der Waals surface area contributed by atoms with Gasteiger partial charge in [0, 0.05) is 71.0 Å². The number of thiophene rings is 1. The van der Waals surface area contributed by atoms with Crippen molar-refractivity contribution >= 4 is 70.3 Å². The molecule has 11 rings (SSSR count). The van der Waals surface area contributed by atoms with Crippen molar-refractivity contribution < 1.29 is 0 Å². The quantitative estimate of drug-likeness (QED) is 0.152. The first-order chi connectivity index (χ1) is 28.7. The van der Waals surface area contributed by atoms with Crippen LogP contribution in [0, 0.1) is 6.92 Å². The Balaban J connectivity index is 1.22. The molecule has 58 heavy (non-hydrogen) atoms. The number of hydrogen-bond donors (Lipinski definition) is 0. The molecule has 5 nitrogen and oxygen atoms in total. The van der Waals surface area contributed by atoms with Crippen LogP contribution >= 0.6 is 11.3 Å². The normalized spacial score (nSPS) is 11.9. The van der Waals surface area contributed by atoms with Crippen LogP contribution in [0.25, 0.3) is 104 Å². The highest BCUT2D eigenvalue weighted by Gasteiger charge is 2.27. The zero-order chi connectivity index (χ0) is 38.7. The Labute approximate surface area is 339 Å². The van der Waals surface area contributed by atoms with Crippen molar-refractivity contribution in [2.75, 3.05) is 0 Å². The molecule has 0 atom stereocenters. The van der Waals surface area contributed by atoms with Gasteiger partial charge < -0.3 is 9.13 Å². The van der Waals surface area contributed by atoms with Gasteiger partial charge in [-0.2, -0.15) is 0 Å². The Morgan fingerprint density at radius 3 is 1.67 bits per heavy atom. The van der Waals surface area contributed by atoms with Crippen LogP contribution in [-0.2, 0) is 0 Å². The molecule has 7 aromatic carbocycles. The monoisotopic (exact) mass is 761 g/mol. The predicted octanol–water partition coefficient (Wildman–Crippen LogP) is 13.8. The van der Waals surface area contributed by atoms with Gasteiger partial charge in [-0.1, -0.05) is 140 Å². The standard InChI is InChI=1S/C52H35N5S/c1-3-4-24-39-33(2)56(37-22-12-7-13-23-37)48-46(39)47-44(45-41-26-15-17-28-43(41)58-49(45)48)40-25-14-16-27-42(40)57(47)38-31-29-36(30-32-38)52-54-50(34-18-8-5-9-19-34)53-51(55-52)35-20-10-6-11-21-35/h3-32H,1H2,2H3/b24-4-. The molecule has 0 N–H and O–H groups in total. The first-order valence-electron chi connectivity index (χ1n) is 19.4. The van der Waals surface area contributed by atoms with E-state index < -0.39 is 0 Å². The molecule has 0 aliphatic carbocycles. The summed E-state index contributed by atoms with van der Waals surface area (Å²) in [6, 6.07) is 57.3. The van der Waals surface area contributed by atoms with Crippen LogP contribution < -0.4 is 0 Å². The SMILES string of the molecule is C=C/C=C\c1c(C)n(-c2ccccc2)c2c3sc4ccccc4c3c3c4ccccc4n(-c4ccc(-c5nc(-c6ccccc6)nc(-c6ccccc6)n5)cc4)c3c12. The fourth-order valence-electron chi connectivity index (χ4n) is 8.59. The summed E-state index contributed by atoms with van der Waals surface area (Å²) in [6.45, 7) is 6.30. The van der Waals surface area contributed by atoms with E-state index in [0.717, 1.165) is 33.6 Å². The number of fused-ring (bicyclic) bond motifs is 10. The van der Waals surface area contributed by atoms with Gasteiger partial charge in [0.25, 0.3) is 0 Å². The van der Waals surface area contributed by atoms with Crippen molar-refractivity contribution in [1.29, 1.82) is 0 Å². The lowest BCUT2D eigenvalue weighted by Gasteiger charge is -2.13. The van der Waals surface area contributed by atoms with Gasteiger partial charge in [-0.05, 0) is 55.5 Å². The van der Waals surface area contributed by atoms with Gasteiger partial charge in [0.2, 0.25) is 0 Å². The summed E-state index contributed by atoms with van der Waals surface area (Å²) in [5.74, 6) is 1.91. The summed E-state index contributed by atoms with van der Waals surface area (Å²) in [7, 11) is 0. The van der Waals surface area contributed by atoms with E-state index in [1.807, 2.05) is 78.1 Å². The molecule has 0 saturated carbocycles. The highest BCUT2D eigenvalue weighted by atomic mass is 32.1. The Kier molecular flexibility index (Phi) is 7.98. The molecule has 0 aliphatic rings. The fourth-order valence-corrected chi connectivity index (χ4v) is 9.84. The summed E-state index contributed by atoms with van der Waals surface area (Å²) >= 11 is 1.88. The Morgan fingerprint density at radius 2 is 1.03 bits per heavy atom. The molecule has 0 bridgehead atoms. The maximum atomic E-state index is 5.02. The highest BCUT2D eigenvalue weighted by molar-refractivity contribution is 7.27. The second kappa shape index (κ2) is 13.7. The van der Waals surface area contributed by atoms with Gasteiger partial charge in [0.15, 0.2) is 17.5 Å². The third kappa shape index (κ3) is 5.26. The number of rotatable bonds is 7. The van der Waals surface area contributed by atoms with E-state index in [2.05, 4.69) is 138 Å². The van der Waals surface area contributed by atoms with Gasteiger partial charge in [0.05, 0.1) is 21.3 Å². The van der Waals surface area contributed by atoms with E-state index in [9.17, 15) is 0 Å². The topological polar surface area (TPSA) is 48.5 Å². The molecule has 0 radical (unpaired) electrons. The minimum absolute atomic E-state index is 0.628. The molecule has 274 valence electrons. The summed E-state index contributed by atoms with van der Waals surface area (Å²) in [4.78, 5) is 15.0. The van der Waals surface area contributed by atoms with E-state index in [4.69, 9.17) is 15.0 Å². The molecule has 4 aromatic heterocycles. The molecule has 0 spiro atoms. The lowest BCUT2D eigenvalue weighted by molar-refractivity contribution is 1.05. The van der Waals surface area contributed by atoms with Crippen LogP contribution in [0.5, 0.6) is 0 Å². The van der Waals surface area contributed by atoms with Gasteiger partial charge in [-0.15, -0.1) is 11.3 Å². The highest BCUT2D eigenvalue weighted by Crippen LogP contribution is 2.50. The lowest BCUT2D eigenvalue weighted by Crippen LogP contribution is -2.00. The number of nitrogens with zero attached hydrogens (tertiary/aromatic N) is 5. The first-order valence-corrected chi connectivity index (χ1v) is 20.2. The average Bonchev–Trinajstić information content (AvgIpc) is 3.93. The van der Waals surface area contributed by atoms with Crippen molar-refractivity contribution in [3.8, 4) is 45.5 Å². The van der Waals surface area contributed by atoms with Crippen molar-refractivity contribution in [3.05, 3.63) is 194 Å². The van der Waals surface area contributed by atoms with Crippen molar-refractivity contribution in [2.24, 2.45) is 0 Å². The maximum absolute atomic E-state index is 5.02. The maximum Gasteiger partial charge on any atom is 0.164 e. The van der Waals surface area contributed by atoms with Crippen molar-refractivity contribution in [3.63, 3.8) is 0 Å². The Bertz CT molecular complexity index is 3330. The minimum atomic E-state index is 0.628.